The highest BCUT2D eigenvalue weighted by Gasteiger charge is 2.24. The normalized spacial score (nSPS) is 13.2. The molecule has 0 unspecified atom stereocenters. The average Bonchev–Trinajstić information content (AvgIpc) is 3.41. The van der Waals surface area contributed by atoms with Gasteiger partial charge in [-0.15, -0.1) is 0 Å². The van der Waals surface area contributed by atoms with Crippen molar-refractivity contribution in [3.63, 3.8) is 0 Å². The number of fused-ring (bicyclic) bond motifs is 2. The van der Waals surface area contributed by atoms with E-state index in [9.17, 15) is 14.0 Å². The van der Waals surface area contributed by atoms with Crippen molar-refractivity contribution in [2.24, 2.45) is 0 Å². The van der Waals surface area contributed by atoms with Gasteiger partial charge in [0, 0.05) is 75.9 Å². The maximum atomic E-state index is 12.0. The van der Waals surface area contributed by atoms with Crippen LogP contribution in [0.2, 0.25) is 0 Å². The third-order valence-electron chi connectivity index (χ3n) is 11.3. The van der Waals surface area contributed by atoms with Gasteiger partial charge in [-0.05, 0) is 89.4 Å². The largest absolute Gasteiger partial charge is 0.465 e. The smallest absolute Gasteiger partial charge is 0.337 e. The first-order valence-electron chi connectivity index (χ1n) is 23.0. The number of methoxy groups -OCH3 is 2. The lowest BCUT2D eigenvalue weighted by atomic mass is 10.1. The van der Waals surface area contributed by atoms with Crippen LogP contribution in [0, 0.1) is 13.8 Å². The zero-order chi connectivity index (χ0) is 49.4. The summed E-state index contributed by atoms with van der Waals surface area (Å²) in [5, 5.41) is 3.33. The Morgan fingerprint density at radius 1 is 0.586 bits per heavy atom. The number of carbonyl (C=O) groups is 2. The predicted molar refractivity (Wildman–Crippen MR) is 282 cm³/mol. The third-order valence-corrected chi connectivity index (χ3v) is 11.9. The second-order valence-electron chi connectivity index (χ2n) is 16.0. The molecule has 4 aromatic carbocycles. The van der Waals surface area contributed by atoms with E-state index < -0.39 is 7.15 Å². The maximum absolute atomic E-state index is 12.0. The van der Waals surface area contributed by atoms with Crippen LogP contribution in [0.3, 0.4) is 0 Å². The number of piperazine rings is 2. The molecule has 2 aliphatic heterocycles. The summed E-state index contributed by atoms with van der Waals surface area (Å²) in [4.78, 5) is 58.5. The van der Waals surface area contributed by atoms with Crippen LogP contribution in [0.25, 0.3) is 44.6 Å². The van der Waals surface area contributed by atoms with Crippen LogP contribution >= 0.6 is 15.9 Å². The first kappa shape index (κ1) is 50.4. The maximum Gasteiger partial charge on any atom is 0.337 e. The molecule has 6 heterocycles. The second kappa shape index (κ2) is 25.3. The van der Waals surface area contributed by atoms with Crippen molar-refractivity contribution in [2.75, 3.05) is 88.4 Å². The van der Waals surface area contributed by atoms with Crippen LogP contribution in [-0.4, -0.2) is 116 Å². The fraction of sp³-hybridized carbons (Fsp3) is 0.259. The molecule has 0 radical (unpaired) electrons. The van der Waals surface area contributed by atoms with Crippen molar-refractivity contribution >= 4 is 67.4 Å². The van der Waals surface area contributed by atoms with Crippen molar-refractivity contribution in [1.82, 2.24) is 35.2 Å². The van der Waals surface area contributed by atoms with Gasteiger partial charge >= 0.3 is 11.9 Å². The molecule has 2 saturated heterocycles. The summed E-state index contributed by atoms with van der Waals surface area (Å²) in [5.41, 5.74) is 9.70. The quantitative estimate of drug-likeness (QED) is 0.151. The Morgan fingerprint density at radius 3 is 1.50 bits per heavy atom. The number of aryl methyl sites for hydroxylation is 2. The van der Waals surface area contributed by atoms with E-state index in [1.54, 1.807) is 30.3 Å². The number of carbonyl (C=O) groups excluding carboxylic acids is 2. The van der Waals surface area contributed by atoms with Gasteiger partial charge in [0.2, 0.25) is 0 Å². The SMILES string of the molecule is C.COC(=O)c1ccc2nc(-c3ccccc3)c(Br)nc2c1.COC(=O)c1ccc2nc(-c3ccccc3)c(N3CCN(c4ccc(C)cn4)CC3)nc2c1.Cc1ccc(N2CCNCC2)nc1.[2H]CF. The molecule has 1 N–H and O–H groups in total. The molecule has 0 atom stereocenters. The van der Waals surface area contributed by atoms with Crippen LogP contribution in [0.5, 0.6) is 0 Å². The molecule has 0 aliphatic carbocycles. The van der Waals surface area contributed by atoms with Crippen molar-refractivity contribution in [3.8, 4) is 22.5 Å². The van der Waals surface area contributed by atoms with E-state index >= 15 is 0 Å². The fourth-order valence-corrected chi connectivity index (χ4v) is 8.20. The van der Waals surface area contributed by atoms with Crippen LogP contribution in [-0.2, 0) is 9.47 Å². The monoisotopic (exact) mass is 1010 g/mol. The molecular formula is C54H58BrFN10O4. The number of hydrogen-bond acceptors (Lipinski definition) is 14. The Hall–Kier alpha value is -7.43. The molecular weight excluding hydrogens is 952 g/mol. The fourth-order valence-electron chi connectivity index (χ4n) is 7.69. The Bertz CT molecular complexity index is 2980. The highest BCUT2D eigenvalue weighted by Crippen LogP contribution is 2.32. The minimum Gasteiger partial charge on any atom is -0.465 e. The molecule has 0 saturated carbocycles. The van der Waals surface area contributed by atoms with E-state index in [-0.39, 0.29) is 19.4 Å². The van der Waals surface area contributed by atoms with E-state index in [4.69, 9.17) is 20.8 Å². The molecule has 14 nitrogen and oxygen atoms in total. The second-order valence-corrected chi connectivity index (χ2v) is 16.7. The minimum absolute atomic E-state index is 0. The predicted octanol–water partition coefficient (Wildman–Crippen LogP) is 9.98. The number of halogens is 2. The summed E-state index contributed by atoms with van der Waals surface area (Å²) in [6.45, 7) is 11.6. The van der Waals surface area contributed by atoms with Gasteiger partial charge in [-0.1, -0.05) is 80.2 Å². The van der Waals surface area contributed by atoms with Crippen molar-refractivity contribution in [1.29, 1.82) is 0 Å². The average molecular weight is 1010 g/mol. The topological polar surface area (TPSA) is 152 Å². The van der Waals surface area contributed by atoms with Gasteiger partial charge in [0.15, 0.2) is 5.82 Å². The number of ether oxygens (including phenoxy) is 2. The van der Waals surface area contributed by atoms with E-state index in [0.29, 0.717) is 26.8 Å². The molecule has 16 heteroatoms. The molecule has 0 amide bonds. The zero-order valence-electron chi connectivity index (χ0n) is 40.0. The Balaban J connectivity index is 0.000000185. The number of esters is 2. The van der Waals surface area contributed by atoms with E-state index in [1.807, 2.05) is 73.9 Å². The number of nitrogens with zero attached hydrogens (tertiary/aromatic N) is 9. The summed E-state index contributed by atoms with van der Waals surface area (Å²) in [5.74, 6) is 2.16. The van der Waals surface area contributed by atoms with Gasteiger partial charge in [0.1, 0.15) is 27.6 Å². The lowest BCUT2D eigenvalue weighted by molar-refractivity contribution is 0.0592. The third kappa shape index (κ3) is 13.0. The van der Waals surface area contributed by atoms with Crippen molar-refractivity contribution in [3.05, 3.63) is 161 Å². The van der Waals surface area contributed by atoms with Crippen LogP contribution in [0.4, 0.5) is 21.8 Å². The lowest BCUT2D eigenvalue weighted by Crippen LogP contribution is -2.47. The Labute approximate surface area is 418 Å². The van der Waals surface area contributed by atoms with Gasteiger partial charge < -0.3 is 29.5 Å². The number of nitrogens with one attached hydrogen (secondary N) is 1. The van der Waals surface area contributed by atoms with Gasteiger partial charge in [-0.25, -0.2) is 39.5 Å². The van der Waals surface area contributed by atoms with Crippen molar-refractivity contribution < 1.29 is 24.8 Å². The number of alkyl halides is 1. The van der Waals surface area contributed by atoms with E-state index in [1.165, 1.54) is 19.8 Å². The Kier molecular flexibility index (Phi) is 18.2. The molecule has 362 valence electrons. The summed E-state index contributed by atoms with van der Waals surface area (Å²) < 4.78 is 25.7. The highest BCUT2D eigenvalue weighted by molar-refractivity contribution is 9.10. The molecule has 2 fully saturated rings. The minimum atomic E-state index is -1.00. The molecule has 0 bridgehead atoms. The summed E-state index contributed by atoms with van der Waals surface area (Å²) in [6.07, 6.45) is 3.83. The number of pyridine rings is 2. The van der Waals surface area contributed by atoms with E-state index in [0.717, 1.165) is 109 Å². The van der Waals surface area contributed by atoms with Crippen LogP contribution < -0.4 is 20.0 Å². The number of anilines is 3. The molecule has 2 aliphatic rings. The first-order chi connectivity index (χ1) is 34.1. The first-order valence-corrected chi connectivity index (χ1v) is 23.1. The molecule has 70 heavy (non-hydrogen) atoms. The molecule has 4 aromatic heterocycles. The number of aromatic nitrogens is 6. The summed E-state index contributed by atoms with van der Waals surface area (Å²) in [6, 6.07) is 38.7. The number of hydrogen-bond donors (Lipinski definition) is 1. The summed E-state index contributed by atoms with van der Waals surface area (Å²) >= 11 is 3.44. The number of benzene rings is 4. The lowest BCUT2D eigenvalue weighted by Gasteiger charge is -2.36. The standard InChI is InChI=1S/C26H25N5O2.C16H11BrN2O2.C10H15N3.CH3F.CH4/c1-18-8-11-23(27-17-18)30-12-14-31(15-13-30)25-24(19-6-4-3-5-7-19)28-21-10-9-20(26(32)33-2)16-22(21)29-25;1-21-16(20)11-7-8-12-13(9-11)19-15(17)14(18-12)10-5-3-2-4-6-10;1-9-2-3-10(12-8-9)13-6-4-11-5-7-13;1-2;/h3-11,16-17H,12-15H2,1-2H3;2-9H,1H3;2-3,8,11H,4-7H2,1H3;1H3;1H4/i;;;1D;. The van der Waals surface area contributed by atoms with Crippen LogP contribution in [0.15, 0.2) is 138 Å². The van der Waals surface area contributed by atoms with Crippen molar-refractivity contribution in [2.45, 2.75) is 21.3 Å². The Morgan fingerprint density at radius 2 is 1.03 bits per heavy atom. The summed E-state index contributed by atoms with van der Waals surface area (Å²) in [7, 11) is 1.73. The van der Waals surface area contributed by atoms with Gasteiger partial charge in [-0.2, -0.15) is 0 Å². The van der Waals surface area contributed by atoms with Gasteiger partial charge in [0.25, 0.3) is 0 Å². The molecule has 0 spiro atoms. The van der Waals surface area contributed by atoms with E-state index in [2.05, 4.69) is 99.2 Å². The van der Waals surface area contributed by atoms with Gasteiger partial charge in [-0.3, -0.25) is 4.39 Å². The zero-order valence-corrected chi connectivity index (χ0v) is 40.6. The van der Waals surface area contributed by atoms with Gasteiger partial charge in [0.05, 0.1) is 55.9 Å². The highest BCUT2D eigenvalue weighted by atomic mass is 79.9. The molecule has 8 aromatic rings. The molecule has 10 rings (SSSR count). The number of rotatable bonds is 7. The van der Waals surface area contributed by atoms with Crippen LogP contribution in [0.1, 0.15) is 40.6 Å².